The third-order valence-corrected chi connectivity index (χ3v) is 8.47. The van der Waals surface area contributed by atoms with Crippen molar-refractivity contribution in [3.63, 3.8) is 0 Å². The maximum Gasteiger partial charge on any atom is 0.410 e. The van der Waals surface area contributed by atoms with E-state index >= 15 is 0 Å². The summed E-state index contributed by atoms with van der Waals surface area (Å²) in [7, 11) is 1.59. The Kier molecular flexibility index (Phi) is 9.44. The van der Waals surface area contributed by atoms with Crippen LogP contribution in [0.15, 0.2) is 127 Å². The Hall–Kier alpha value is -5.36. The number of benzene rings is 5. The minimum Gasteiger partial charge on any atom is -0.489 e. The predicted molar refractivity (Wildman–Crippen MR) is 179 cm³/mol. The summed E-state index contributed by atoms with van der Waals surface area (Å²) in [4.78, 5) is 28.3. The number of hydrogen-bond donors (Lipinski definition) is 0. The molecule has 6 rings (SSSR count). The Bertz CT molecular complexity index is 1740. The lowest BCUT2D eigenvalue weighted by molar-refractivity contribution is -0.150. The minimum absolute atomic E-state index is 0.0703. The number of rotatable bonds is 11. The molecule has 1 aliphatic carbocycles. The maximum absolute atomic E-state index is 13.5. The number of ether oxygens (including phenoxy) is 3. The minimum atomic E-state index is -0.866. The summed E-state index contributed by atoms with van der Waals surface area (Å²) in [6.07, 6.45) is -0.276. The van der Waals surface area contributed by atoms with Crippen LogP contribution in [0, 0.1) is 6.92 Å². The zero-order valence-corrected chi connectivity index (χ0v) is 26.1. The van der Waals surface area contributed by atoms with Gasteiger partial charge in [0, 0.05) is 19.4 Å². The van der Waals surface area contributed by atoms with E-state index in [0.717, 1.165) is 44.7 Å². The third kappa shape index (κ3) is 7.13. The molecule has 46 heavy (non-hydrogen) atoms. The van der Waals surface area contributed by atoms with Gasteiger partial charge < -0.3 is 14.2 Å². The fourth-order valence-electron chi connectivity index (χ4n) is 5.82. The van der Waals surface area contributed by atoms with Crippen molar-refractivity contribution < 1.29 is 23.8 Å². The second kappa shape index (κ2) is 14.2. The van der Waals surface area contributed by atoms with Crippen molar-refractivity contribution in [2.24, 2.45) is 0 Å². The number of hydrogen-bond acceptors (Lipinski definition) is 5. The van der Waals surface area contributed by atoms with E-state index in [9.17, 15) is 9.59 Å². The van der Waals surface area contributed by atoms with Crippen molar-refractivity contribution >= 4 is 12.1 Å². The van der Waals surface area contributed by atoms with Gasteiger partial charge >= 0.3 is 12.1 Å². The zero-order chi connectivity index (χ0) is 31.9. The lowest BCUT2D eigenvalue weighted by Gasteiger charge is -2.27. The van der Waals surface area contributed by atoms with Gasteiger partial charge in [0.05, 0.1) is 0 Å². The SMILES string of the molecule is Cc1ccc(COc2ccc(COC(=O)[C@H](Cc3ccccc3)N(C)C(=O)OCC3c4ccccc4-c4ccccc43)cc2)cc1. The molecule has 5 aromatic carbocycles. The predicted octanol–water partition coefficient (Wildman–Crippen LogP) is 8.11. The number of amides is 1. The van der Waals surface area contributed by atoms with Crippen LogP contribution in [0.5, 0.6) is 5.75 Å². The number of nitrogens with zero attached hydrogens (tertiary/aromatic N) is 1. The van der Waals surface area contributed by atoms with Crippen molar-refractivity contribution in [3.8, 4) is 16.9 Å². The summed E-state index contributed by atoms with van der Waals surface area (Å²) in [5.74, 6) is 0.153. The van der Waals surface area contributed by atoms with E-state index in [1.54, 1.807) is 7.05 Å². The highest BCUT2D eigenvalue weighted by molar-refractivity contribution is 5.82. The van der Waals surface area contributed by atoms with Crippen LogP contribution >= 0.6 is 0 Å². The fraction of sp³-hybridized carbons (Fsp3) is 0.200. The number of fused-ring (bicyclic) bond motifs is 3. The first kappa shape index (κ1) is 30.7. The van der Waals surface area contributed by atoms with Crippen LogP contribution in [0.25, 0.3) is 11.1 Å². The average molecular weight is 612 g/mol. The molecule has 1 aliphatic rings. The molecule has 0 radical (unpaired) electrons. The van der Waals surface area contributed by atoms with Gasteiger partial charge in [0.1, 0.15) is 31.6 Å². The van der Waals surface area contributed by atoms with E-state index in [2.05, 4.69) is 55.5 Å². The van der Waals surface area contributed by atoms with Gasteiger partial charge in [-0.1, -0.05) is 121 Å². The molecule has 0 unspecified atom stereocenters. The lowest BCUT2D eigenvalue weighted by atomic mass is 9.98. The molecule has 0 bridgehead atoms. The number of esters is 1. The van der Waals surface area contributed by atoms with Crippen molar-refractivity contribution in [3.05, 3.63) is 161 Å². The molecule has 0 heterocycles. The van der Waals surface area contributed by atoms with E-state index in [0.29, 0.717) is 13.0 Å². The van der Waals surface area contributed by atoms with Gasteiger partial charge in [-0.2, -0.15) is 0 Å². The van der Waals surface area contributed by atoms with E-state index < -0.39 is 18.1 Å². The highest BCUT2D eigenvalue weighted by atomic mass is 16.6. The lowest BCUT2D eigenvalue weighted by Crippen LogP contribution is -2.45. The van der Waals surface area contributed by atoms with E-state index in [-0.39, 0.29) is 19.1 Å². The molecule has 0 aliphatic heterocycles. The first-order chi connectivity index (χ1) is 22.5. The maximum atomic E-state index is 13.5. The molecule has 232 valence electrons. The molecule has 5 aromatic rings. The first-order valence-corrected chi connectivity index (χ1v) is 15.5. The molecule has 1 atom stereocenters. The van der Waals surface area contributed by atoms with Crippen LogP contribution in [0.2, 0.25) is 0 Å². The van der Waals surface area contributed by atoms with Crippen molar-refractivity contribution in [1.29, 1.82) is 0 Å². The Morgan fingerprint density at radius 2 is 1.22 bits per heavy atom. The normalized spacial score (nSPS) is 12.5. The molecule has 0 saturated heterocycles. The number of aryl methyl sites for hydroxylation is 1. The number of carbonyl (C=O) groups excluding carboxylic acids is 2. The molecule has 1 amide bonds. The molecule has 0 N–H and O–H groups in total. The van der Waals surface area contributed by atoms with E-state index in [4.69, 9.17) is 14.2 Å². The Balaban J connectivity index is 1.09. The molecule has 0 fully saturated rings. The summed E-state index contributed by atoms with van der Waals surface area (Å²) in [6, 6.07) is 40.8. The number of carbonyl (C=O) groups is 2. The fourth-order valence-corrected chi connectivity index (χ4v) is 5.82. The average Bonchev–Trinajstić information content (AvgIpc) is 3.42. The summed E-state index contributed by atoms with van der Waals surface area (Å²) in [5, 5.41) is 0. The Labute approximate surface area is 270 Å². The zero-order valence-electron chi connectivity index (χ0n) is 26.1. The molecular weight excluding hydrogens is 574 g/mol. The summed E-state index contributed by atoms with van der Waals surface area (Å²) >= 11 is 0. The van der Waals surface area contributed by atoms with Gasteiger partial charge in [0.25, 0.3) is 0 Å². The Morgan fingerprint density at radius 1 is 0.652 bits per heavy atom. The largest absolute Gasteiger partial charge is 0.489 e. The topological polar surface area (TPSA) is 65.1 Å². The van der Waals surface area contributed by atoms with Gasteiger partial charge in [0.2, 0.25) is 0 Å². The van der Waals surface area contributed by atoms with E-state index in [1.165, 1.54) is 10.5 Å². The smallest absolute Gasteiger partial charge is 0.410 e. The number of likely N-dealkylation sites (N-methyl/N-ethyl adjacent to an activating group) is 1. The highest BCUT2D eigenvalue weighted by Crippen LogP contribution is 2.44. The van der Waals surface area contributed by atoms with Crippen LogP contribution < -0.4 is 4.74 Å². The standard InChI is InChI=1S/C40H37NO5/c1-28-16-18-30(19-17-28)25-44-32-22-20-31(21-23-32)26-45-39(42)38(24-29-10-4-3-5-11-29)41(2)40(43)46-27-37-35-14-8-6-12-33(35)34-13-7-9-15-36(34)37/h3-23,37-38H,24-27H2,1-2H3/t38-/m0/s1. The van der Waals surface area contributed by atoms with Crippen LogP contribution in [-0.4, -0.2) is 36.7 Å². The van der Waals surface area contributed by atoms with Crippen molar-refractivity contribution in [1.82, 2.24) is 4.90 Å². The van der Waals surface area contributed by atoms with E-state index in [1.807, 2.05) is 78.9 Å². The summed E-state index contributed by atoms with van der Waals surface area (Å²) in [6.45, 7) is 2.76. The van der Waals surface area contributed by atoms with Gasteiger partial charge in [-0.25, -0.2) is 9.59 Å². The second-order valence-corrected chi connectivity index (χ2v) is 11.6. The first-order valence-electron chi connectivity index (χ1n) is 15.5. The molecule has 6 nitrogen and oxygen atoms in total. The highest BCUT2D eigenvalue weighted by Gasteiger charge is 2.33. The Morgan fingerprint density at radius 3 is 1.87 bits per heavy atom. The van der Waals surface area contributed by atoms with Crippen LogP contribution in [0.3, 0.4) is 0 Å². The second-order valence-electron chi connectivity index (χ2n) is 11.6. The third-order valence-electron chi connectivity index (χ3n) is 8.47. The molecule has 0 saturated carbocycles. The molecule has 6 heteroatoms. The summed E-state index contributed by atoms with van der Waals surface area (Å²) < 4.78 is 17.5. The van der Waals surface area contributed by atoms with Gasteiger partial charge in [-0.3, -0.25) is 4.90 Å². The van der Waals surface area contributed by atoms with Gasteiger partial charge in [0.15, 0.2) is 0 Å². The van der Waals surface area contributed by atoms with Crippen molar-refractivity contribution in [2.75, 3.05) is 13.7 Å². The molecule has 0 spiro atoms. The summed E-state index contributed by atoms with van der Waals surface area (Å²) in [5.41, 5.74) is 8.60. The van der Waals surface area contributed by atoms with Gasteiger partial charge in [-0.15, -0.1) is 0 Å². The monoisotopic (exact) mass is 611 g/mol. The quantitative estimate of drug-likeness (QED) is 0.141. The van der Waals surface area contributed by atoms with Crippen LogP contribution in [0.1, 0.15) is 39.3 Å². The van der Waals surface area contributed by atoms with Crippen LogP contribution in [0.4, 0.5) is 4.79 Å². The van der Waals surface area contributed by atoms with Gasteiger partial charge in [-0.05, 0) is 58.0 Å². The molecule has 0 aromatic heterocycles. The molecular formula is C40H37NO5. The van der Waals surface area contributed by atoms with Crippen molar-refractivity contribution in [2.45, 2.75) is 38.5 Å². The van der Waals surface area contributed by atoms with Crippen LogP contribution in [-0.2, 0) is 33.9 Å².